The monoisotopic (exact) mass is 410 g/mol. The molecule has 1 fully saturated rings. The molecule has 2 N–H and O–H groups in total. The molecule has 2 aromatic rings. The number of halogens is 1. The lowest BCUT2D eigenvalue weighted by Gasteiger charge is -2.27. The highest BCUT2D eigenvalue weighted by atomic mass is 19.1. The van der Waals surface area contributed by atoms with Gasteiger partial charge in [0, 0.05) is 24.2 Å². The van der Waals surface area contributed by atoms with E-state index in [0.717, 1.165) is 11.0 Å². The second-order valence-electron chi connectivity index (χ2n) is 7.44. The molecule has 2 aliphatic rings. The Morgan fingerprint density at radius 2 is 2.13 bits per heavy atom. The number of carbonyl (C=O) groups is 2. The summed E-state index contributed by atoms with van der Waals surface area (Å²) in [4.78, 5) is 26.7. The first kappa shape index (κ1) is 19.7. The molecule has 0 spiro atoms. The average molecular weight is 410 g/mol. The van der Waals surface area contributed by atoms with Crippen LogP contribution in [0.4, 0.5) is 15.8 Å². The van der Waals surface area contributed by atoms with E-state index in [1.165, 1.54) is 24.3 Å². The number of benzene rings is 2. The van der Waals surface area contributed by atoms with Gasteiger partial charge in [-0.25, -0.2) is 4.39 Å². The number of terminal acetylenes is 1. The number of aromatic hydroxyl groups is 1. The standard InChI is InChI=1S/C22H19FN2O5/c1-3-8-24(2)18-11-17(16(23)10-19(18)30-22(12-26)6-7-22)25-20(28)14-5-4-13(27)9-15(14)21(25)29/h1,4-5,9-12,21,27,29H,6-8H2,2H3. The molecular formula is C22H19FN2O5. The fourth-order valence-corrected chi connectivity index (χ4v) is 3.49. The number of nitrogens with zero attached hydrogens (tertiary/aromatic N) is 2. The Labute approximate surface area is 172 Å². The number of phenols is 1. The summed E-state index contributed by atoms with van der Waals surface area (Å²) in [7, 11) is 1.67. The summed E-state index contributed by atoms with van der Waals surface area (Å²) >= 11 is 0. The number of hydrogen-bond donors (Lipinski definition) is 2. The lowest BCUT2D eigenvalue weighted by Crippen LogP contribution is -2.29. The largest absolute Gasteiger partial charge is 0.508 e. The van der Waals surface area contributed by atoms with Crippen molar-refractivity contribution >= 4 is 23.6 Å². The first-order valence-electron chi connectivity index (χ1n) is 9.28. The van der Waals surface area contributed by atoms with Gasteiger partial charge in [-0.1, -0.05) is 5.92 Å². The predicted octanol–water partition coefficient (Wildman–Crippen LogP) is 2.36. The van der Waals surface area contributed by atoms with Crippen LogP contribution in [-0.2, 0) is 4.79 Å². The van der Waals surface area contributed by atoms with Crippen LogP contribution in [0.25, 0.3) is 0 Å². The Hall–Kier alpha value is -3.57. The molecule has 8 heteroatoms. The molecule has 0 bridgehead atoms. The van der Waals surface area contributed by atoms with Crippen LogP contribution in [0.15, 0.2) is 30.3 Å². The number of fused-ring (bicyclic) bond motifs is 1. The number of anilines is 2. The van der Waals surface area contributed by atoms with E-state index in [2.05, 4.69) is 5.92 Å². The van der Waals surface area contributed by atoms with Gasteiger partial charge >= 0.3 is 0 Å². The fourth-order valence-electron chi connectivity index (χ4n) is 3.49. The van der Waals surface area contributed by atoms with E-state index in [0.29, 0.717) is 24.8 Å². The summed E-state index contributed by atoms with van der Waals surface area (Å²) in [5, 5.41) is 20.3. The van der Waals surface area contributed by atoms with Gasteiger partial charge in [0.05, 0.1) is 17.9 Å². The third-order valence-electron chi connectivity index (χ3n) is 5.31. The van der Waals surface area contributed by atoms with Gasteiger partial charge in [0.1, 0.15) is 11.5 Å². The SMILES string of the molecule is C#CCN(C)c1cc(N2C(=O)c3ccc(O)cc3C2O)c(F)cc1OC1(C=O)CC1. The molecular weight excluding hydrogens is 391 g/mol. The lowest BCUT2D eigenvalue weighted by molar-refractivity contribution is -0.115. The molecule has 4 rings (SSSR count). The van der Waals surface area contributed by atoms with Crippen LogP contribution in [-0.4, -0.2) is 41.6 Å². The minimum atomic E-state index is -1.48. The molecule has 1 unspecified atom stereocenters. The number of aldehydes is 1. The number of ether oxygens (including phenoxy) is 1. The van der Waals surface area contributed by atoms with Crippen molar-refractivity contribution in [1.82, 2.24) is 0 Å². The molecule has 1 amide bonds. The number of phenolic OH excluding ortho intramolecular Hbond substituents is 1. The quantitative estimate of drug-likeness (QED) is 0.561. The van der Waals surface area contributed by atoms with Gasteiger partial charge in [0.2, 0.25) is 0 Å². The molecule has 2 aromatic carbocycles. The summed E-state index contributed by atoms with van der Waals surface area (Å²) in [5.74, 6) is 1.06. The highest BCUT2D eigenvalue weighted by Crippen LogP contribution is 2.45. The normalized spacial score (nSPS) is 18.5. The van der Waals surface area contributed by atoms with Crippen LogP contribution >= 0.6 is 0 Å². The van der Waals surface area contributed by atoms with E-state index < -0.39 is 23.6 Å². The molecule has 1 aliphatic heterocycles. The molecule has 1 aliphatic carbocycles. The third-order valence-corrected chi connectivity index (χ3v) is 5.31. The number of hydrogen-bond acceptors (Lipinski definition) is 6. The van der Waals surface area contributed by atoms with Crippen molar-refractivity contribution in [2.75, 3.05) is 23.4 Å². The highest BCUT2D eigenvalue weighted by Gasteiger charge is 2.46. The van der Waals surface area contributed by atoms with Crippen molar-refractivity contribution in [1.29, 1.82) is 0 Å². The van der Waals surface area contributed by atoms with E-state index in [1.54, 1.807) is 11.9 Å². The second-order valence-corrected chi connectivity index (χ2v) is 7.44. The molecule has 30 heavy (non-hydrogen) atoms. The van der Waals surface area contributed by atoms with Crippen molar-refractivity contribution < 1.29 is 28.9 Å². The third kappa shape index (κ3) is 3.13. The average Bonchev–Trinajstić information content (AvgIpc) is 3.44. The minimum Gasteiger partial charge on any atom is -0.508 e. The number of amides is 1. The number of aliphatic hydroxyl groups excluding tert-OH is 1. The van der Waals surface area contributed by atoms with Gasteiger partial charge in [0.25, 0.3) is 5.91 Å². The second kappa shape index (κ2) is 7.04. The first-order valence-corrected chi connectivity index (χ1v) is 9.28. The molecule has 1 saturated carbocycles. The van der Waals surface area contributed by atoms with Crippen LogP contribution in [0, 0.1) is 18.2 Å². The first-order chi connectivity index (χ1) is 14.3. The van der Waals surface area contributed by atoms with Crippen molar-refractivity contribution in [3.8, 4) is 23.8 Å². The molecule has 0 saturated heterocycles. The Bertz CT molecular complexity index is 1090. The lowest BCUT2D eigenvalue weighted by atomic mass is 10.1. The summed E-state index contributed by atoms with van der Waals surface area (Å²) in [6.45, 7) is 0.167. The zero-order chi connectivity index (χ0) is 21.6. The molecule has 7 nitrogen and oxygen atoms in total. The van der Waals surface area contributed by atoms with Gasteiger partial charge in [-0.2, -0.15) is 0 Å². The highest BCUT2D eigenvalue weighted by molar-refractivity contribution is 6.11. The van der Waals surface area contributed by atoms with Crippen LogP contribution in [0.3, 0.4) is 0 Å². The maximum absolute atomic E-state index is 15.1. The molecule has 154 valence electrons. The van der Waals surface area contributed by atoms with Crippen molar-refractivity contribution in [2.24, 2.45) is 0 Å². The predicted molar refractivity (Wildman–Crippen MR) is 107 cm³/mol. The minimum absolute atomic E-state index is 0.120. The summed E-state index contributed by atoms with van der Waals surface area (Å²) < 4.78 is 20.9. The van der Waals surface area contributed by atoms with E-state index >= 15 is 4.39 Å². The number of carbonyl (C=O) groups excluding carboxylic acids is 2. The van der Waals surface area contributed by atoms with E-state index in [-0.39, 0.29) is 34.9 Å². The summed E-state index contributed by atoms with van der Waals surface area (Å²) in [6.07, 6.45) is 5.67. The van der Waals surface area contributed by atoms with Crippen LogP contribution in [0.5, 0.6) is 11.5 Å². The van der Waals surface area contributed by atoms with Crippen molar-refractivity contribution in [3.05, 3.63) is 47.3 Å². The van der Waals surface area contributed by atoms with Gasteiger partial charge in [-0.05, 0) is 37.1 Å². The Morgan fingerprint density at radius 1 is 1.40 bits per heavy atom. The topological polar surface area (TPSA) is 90.3 Å². The van der Waals surface area contributed by atoms with Gasteiger partial charge in [0.15, 0.2) is 23.9 Å². The van der Waals surface area contributed by atoms with Crippen molar-refractivity contribution in [3.63, 3.8) is 0 Å². The van der Waals surface area contributed by atoms with E-state index in [9.17, 15) is 19.8 Å². The number of rotatable bonds is 6. The smallest absolute Gasteiger partial charge is 0.261 e. The van der Waals surface area contributed by atoms with Gasteiger partial charge < -0.3 is 19.8 Å². The Balaban J connectivity index is 1.79. The van der Waals surface area contributed by atoms with E-state index in [1.807, 2.05) is 0 Å². The molecule has 1 atom stereocenters. The zero-order valence-corrected chi connectivity index (χ0v) is 16.1. The maximum atomic E-state index is 15.1. The maximum Gasteiger partial charge on any atom is 0.261 e. The van der Waals surface area contributed by atoms with Crippen LogP contribution in [0.1, 0.15) is 35.0 Å². The van der Waals surface area contributed by atoms with Crippen LogP contribution in [0.2, 0.25) is 0 Å². The Morgan fingerprint density at radius 3 is 2.77 bits per heavy atom. The van der Waals surface area contributed by atoms with E-state index in [4.69, 9.17) is 11.2 Å². The zero-order valence-electron chi connectivity index (χ0n) is 16.1. The Kier molecular flexibility index (Phi) is 4.63. The molecule has 0 aromatic heterocycles. The van der Waals surface area contributed by atoms with Crippen molar-refractivity contribution in [2.45, 2.75) is 24.7 Å². The number of aliphatic hydroxyl groups is 1. The fraction of sp³-hybridized carbons (Fsp3) is 0.273. The molecule has 1 heterocycles. The summed E-state index contributed by atoms with van der Waals surface area (Å²) in [5.41, 5.74) is -0.439. The molecule has 0 radical (unpaired) electrons. The van der Waals surface area contributed by atoms with Crippen LogP contribution < -0.4 is 14.5 Å². The van der Waals surface area contributed by atoms with Gasteiger partial charge in [-0.15, -0.1) is 6.42 Å². The summed E-state index contributed by atoms with van der Waals surface area (Å²) in [6, 6.07) is 6.40. The van der Waals surface area contributed by atoms with Gasteiger partial charge in [-0.3, -0.25) is 14.5 Å².